The number of H-pyrrole nitrogens is 1. The van der Waals surface area contributed by atoms with Crippen LogP contribution in [0.4, 0.5) is 21.3 Å². The minimum absolute atomic E-state index is 0.161. The number of carbonyl (C=O) groups excluding carboxylic acids is 1. The molecule has 134 valence electrons. The summed E-state index contributed by atoms with van der Waals surface area (Å²) in [5, 5.41) is 10.8. The zero-order valence-electron chi connectivity index (χ0n) is 14.0. The summed E-state index contributed by atoms with van der Waals surface area (Å²) < 4.78 is 12.9. The number of nitrogens with one attached hydrogen (secondary N) is 2. The van der Waals surface area contributed by atoms with Gasteiger partial charge in [-0.2, -0.15) is 5.10 Å². The molecule has 0 aliphatic carbocycles. The molecule has 0 unspecified atom stereocenters. The molecule has 1 aliphatic heterocycles. The van der Waals surface area contributed by atoms with Crippen LogP contribution in [-0.2, 0) is 11.2 Å². The third kappa shape index (κ3) is 3.27. The van der Waals surface area contributed by atoms with Crippen LogP contribution in [0.25, 0.3) is 11.3 Å². The number of aromatic amines is 1. The molecule has 0 fully saturated rings. The van der Waals surface area contributed by atoms with Gasteiger partial charge in [0.15, 0.2) is 10.9 Å². The number of Topliss-reactive ketones (excluding diaryl/α,β-unsaturated/α-hetero) is 1. The second-order valence-corrected chi connectivity index (χ2v) is 7.05. The Labute approximate surface area is 152 Å². The van der Waals surface area contributed by atoms with Gasteiger partial charge in [-0.05, 0) is 6.92 Å². The van der Waals surface area contributed by atoms with Crippen molar-refractivity contribution in [3.8, 4) is 11.3 Å². The number of hydrogen-bond acceptors (Lipinski definition) is 8. The highest BCUT2D eigenvalue weighted by Crippen LogP contribution is 2.39. The SMILES string of the molecule is CC(=O)CCN1CCc2sc(Nc3ncc(F)cn3)nc2-c2cn[nH]c21. The Balaban J connectivity index is 1.61. The van der Waals surface area contributed by atoms with Crippen molar-refractivity contribution >= 4 is 34.0 Å². The van der Waals surface area contributed by atoms with Gasteiger partial charge in [-0.25, -0.2) is 19.3 Å². The van der Waals surface area contributed by atoms with Crippen LogP contribution in [0, 0.1) is 5.82 Å². The van der Waals surface area contributed by atoms with Gasteiger partial charge in [0.1, 0.15) is 11.6 Å². The van der Waals surface area contributed by atoms with E-state index in [-0.39, 0.29) is 5.78 Å². The van der Waals surface area contributed by atoms with Crippen molar-refractivity contribution in [2.24, 2.45) is 0 Å². The summed E-state index contributed by atoms with van der Waals surface area (Å²) in [7, 11) is 0. The van der Waals surface area contributed by atoms with Crippen LogP contribution < -0.4 is 10.2 Å². The number of nitrogens with zero attached hydrogens (tertiary/aromatic N) is 5. The van der Waals surface area contributed by atoms with Gasteiger partial charge in [-0.3, -0.25) is 9.89 Å². The number of ketones is 1. The number of halogens is 1. The lowest BCUT2D eigenvalue weighted by atomic mass is 10.2. The van der Waals surface area contributed by atoms with E-state index >= 15 is 0 Å². The molecule has 26 heavy (non-hydrogen) atoms. The molecule has 3 aromatic rings. The summed E-state index contributed by atoms with van der Waals surface area (Å²) in [6.45, 7) is 3.01. The van der Waals surface area contributed by atoms with Gasteiger partial charge in [0.25, 0.3) is 0 Å². The molecule has 0 saturated heterocycles. The van der Waals surface area contributed by atoms with Crippen molar-refractivity contribution in [3.05, 3.63) is 29.3 Å². The highest BCUT2D eigenvalue weighted by atomic mass is 32.1. The molecular formula is C16H16FN7OS. The van der Waals surface area contributed by atoms with E-state index in [1.807, 2.05) is 0 Å². The van der Waals surface area contributed by atoms with E-state index in [2.05, 4.69) is 35.4 Å². The summed E-state index contributed by atoms with van der Waals surface area (Å²) in [6.07, 6.45) is 5.26. The van der Waals surface area contributed by atoms with Gasteiger partial charge in [-0.15, -0.1) is 11.3 Å². The van der Waals surface area contributed by atoms with Crippen LogP contribution >= 0.6 is 11.3 Å². The van der Waals surface area contributed by atoms with Crippen molar-refractivity contribution in [2.75, 3.05) is 23.3 Å². The van der Waals surface area contributed by atoms with Gasteiger partial charge in [0, 0.05) is 30.8 Å². The lowest BCUT2D eigenvalue weighted by Gasteiger charge is -2.21. The van der Waals surface area contributed by atoms with Gasteiger partial charge in [-0.1, -0.05) is 0 Å². The highest BCUT2D eigenvalue weighted by molar-refractivity contribution is 7.16. The van der Waals surface area contributed by atoms with E-state index in [0.717, 1.165) is 47.3 Å². The van der Waals surface area contributed by atoms with Crippen LogP contribution in [0.15, 0.2) is 18.6 Å². The molecule has 0 radical (unpaired) electrons. The van der Waals surface area contributed by atoms with Crippen molar-refractivity contribution in [1.29, 1.82) is 0 Å². The predicted octanol–water partition coefficient (Wildman–Crippen LogP) is 2.55. The minimum atomic E-state index is -0.487. The Hall–Kier alpha value is -2.88. The molecule has 1 aliphatic rings. The van der Waals surface area contributed by atoms with E-state index in [1.165, 1.54) is 11.3 Å². The zero-order valence-corrected chi connectivity index (χ0v) is 14.8. The van der Waals surface area contributed by atoms with Crippen molar-refractivity contribution in [2.45, 2.75) is 19.8 Å². The lowest BCUT2D eigenvalue weighted by Crippen LogP contribution is -2.27. The third-order valence-corrected chi connectivity index (χ3v) is 5.10. The Morgan fingerprint density at radius 1 is 1.38 bits per heavy atom. The van der Waals surface area contributed by atoms with Crippen molar-refractivity contribution < 1.29 is 9.18 Å². The first-order valence-electron chi connectivity index (χ1n) is 8.12. The standard InChI is InChI=1S/C16H16FN7OS/c1-9(25)2-4-24-5-3-12-13(11-8-20-23-14(11)24)21-16(26-12)22-15-18-6-10(17)7-19-15/h6-8H,2-5H2,1H3,(H,20,23)(H,18,19,21,22). The van der Waals surface area contributed by atoms with Gasteiger partial charge in [0.2, 0.25) is 5.95 Å². The second-order valence-electron chi connectivity index (χ2n) is 5.96. The monoisotopic (exact) mass is 373 g/mol. The second kappa shape index (κ2) is 6.79. The molecule has 10 heteroatoms. The fourth-order valence-electron chi connectivity index (χ4n) is 2.82. The normalized spacial score (nSPS) is 13.1. The zero-order chi connectivity index (χ0) is 18.1. The average molecular weight is 373 g/mol. The van der Waals surface area contributed by atoms with E-state index in [9.17, 15) is 9.18 Å². The lowest BCUT2D eigenvalue weighted by molar-refractivity contribution is -0.116. The number of fused-ring (bicyclic) bond motifs is 3. The van der Waals surface area contributed by atoms with Gasteiger partial charge in [0.05, 0.1) is 29.8 Å². The maximum Gasteiger partial charge on any atom is 0.229 e. The highest BCUT2D eigenvalue weighted by Gasteiger charge is 2.25. The first-order valence-corrected chi connectivity index (χ1v) is 8.94. The summed E-state index contributed by atoms with van der Waals surface area (Å²) in [5.41, 5.74) is 1.76. The van der Waals surface area contributed by atoms with Crippen molar-refractivity contribution in [1.82, 2.24) is 25.1 Å². The predicted molar refractivity (Wildman–Crippen MR) is 96.2 cm³/mol. The molecule has 0 amide bonds. The molecule has 0 atom stereocenters. The number of aromatic nitrogens is 5. The Morgan fingerprint density at radius 2 is 2.19 bits per heavy atom. The van der Waals surface area contributed by atoms with Crippen LogP contribution in [0.1, 0.15) is 18.2 Å². The largest absolute Gasteiger partial charge is 0.356 e. The number of hydrogen-bond donors (Lipinski definition) is 2. The summed E-state index contributed by atoms with van der Waals surface area (Å²) >= 11 is 1.51. The summed E-state index contributed by atoms with van der Waals surface area (Å²) in [6, 6.07) is 0. The number of rotatable bonds is 5. The maximum atomic E-state index is 12.9. The first kappa shape index (κ1) is 16.6. The quantitative estimate of drug-likeness (QED) is 0.709. The topological polar surface area (TPSA) is 99.7 Å². The molecule has 0 spiro atoms. The fourth-order valence-corrected chi connectivity index (χ4v) is 3.77. The molecular weight excluding hydrogens is 357 g/mol. The molecule has 3 aromatic heterocycles. The minimum Gasteiger partial charge on any atom is -0.356 e. The van der Waals surface area contributed by atoms with Gasteiger partial charge >= 0.3 is 0 Å². The summed E-state index contributed by atoms with van der Waals surface area (Å²) in [5.74, 6) is 0.846. The van der Waals surface area contributed by atoms with E-state index in [1.54, 1.807) is 13.1 Å². The molecule has 0 aromatic carbocycles. The van der Waals surface area contributed by atoms with Gasteiger partial charge < -0.3 is 10.2 Å². The maximum absolute atomic E-state index is 12.9. The first-order chi connectivity index (χ1) is 12.6. The van der Waals surface area contributed by atoms with Crippen LogP contribution in [0.2, 0.25) is 0 Å². The van der Waals surface area contributed by atoms with E-state index < -0.39 is 5.82 Å². The molecule has 2 N–H and O–H groups in total. The Bertz CT molecular complexity index is 936. The molecule has 4 rings (SSSR count). The fraction of sp³-hybridized carbons (Fsp3) is 0.312. The molecule has 8 nitrogen and oxygen atoms in total. The average Bonchev–Trinajstić information content (AvgIpc) is 3.21. The smallest absolute Gasteiger partial charge is 0.229 e. The summed E-state index contributed by atoms with van der Waals surface area (Å²) in [4.78, 5) is 27.0. The van der Waals surface area contributed by atoms with Crippen LogP contribution in [0.5, 0.6) is 0 Å². The molecule has 0 bridgehead atoms. The number of thiazole rings is 1. The van der Waals surface area contributed by atoms with Crippen LogP contribution in [-0.4, -0.2) is 44.0 Å². The molecule has 0 saturated carbocycles. The Kier molecular flexibility index (Phi) is 4.33. The number of carbonyl (C=O) groups is 1. The van der Waals surface area contributed by atoms with Crippen molar-refractivity contribution in [3.63, 3.8) is 0 Å². The van der Waals surface area contributed by atoms with Crippen LogP contribution in [0.3, 0.4) is 0 Å². The Morgan fingerprint density at radius 3 is 2.96 bits per heavy atom. The van der Waals surface area contributed by atoms with E-state index in [0.29, 0.717) is 24.0 Å². The van der Waals surface area contributed by atoms with E-state index in [4.69, 9.17) is 0 Å². The third-order valence-electron chi connectivity index (χ3n) is 4.07. The number of anilines is 3. The molecule has 4 heterocycles.